The van der Waals surface area contributed by atoms with Crippen LogP contribution in [0.5, 0.6) is 0 Å². The molecule has 1 aromatic carbocycles. The SMILES string of the molecule is CCOC(=O)c1ccc2ccc(Br)cc2n1. The number of fused-ring (bicyclic) bond motifs is 1. The third-order valence-corrected chi connectivity index (χ3v) is 2.63. The van der Waals surface area contributed by atoms with E-state index in [1.165, 1.54) is 0 Å². The summed E-state index contributed by atoms with van der Waals surface area (Å²) in [5, 5.41) is 0.997. The summed E-state index contributed by atoms with van der Waals surface area (Å²) >= 11 is 3.37. The monoisotopic (exact) mass is 279 g/mol. The lowest BCUT2D eigenvalue weighted by Gasteiger charge is -2.03. The molecule has 82 valence electrons. The summed E-state index contributed by atoms with van der Waals surface area (Å²) < 4.78 is 5.83. The lowest BCUT2D eigenvalue weighted by molar-refractivity contribution is 0.0520. The largest absolute Gasteiger partial charge is 0.461 e. The second-order valence-corrected chi connectivity index (χ2v) is 4.17. The second kappa shape index (κ2) is 4.61. The molecule has 2 rings (SSSR count). The highest BCUT2D eigenvalue weighted by atomic mass is 79.9. The fourth-order valence-electron chi connectivity index (χ4n) is 1.41. The number of hydrogen-bond donors (Lipinski definition) is 0. The Bertz CT molecular complexity index is 540. The summed E-state index contributed by atoms with van der Waals surface area (Å²) in [7, 11) is 0. The Hall–Kier alpha value is -1.42. The van der Waals surface area contributed by atoms with E-state index in [2.05, 4.69) is 20.9 Å². The molecule has 0 aliphatic rings. The van der Waals surface area contributed by atoms with Gasteiger partial charge < -0.3 is 4.74 Å². The van der Waals surface area contributed by atoms with Gasteiger partial charge in [0.15, 0.2) is 0 Å². The van der Waals surface area contributed by atoms with Gasteiger partial charge in [-0.15, -0.1) is 0 Å². The lowest BCUT2D eigenvalue weighted by atomic mass is 10.2. The molecule has 3 nitrogen and oxygen atoms in total. The number of halogens is 1. The first-order valence-electron chi connectivity index (χ1n) is 4.94. The van der Waals surface area contributed by atoms with Crippen molar-refractivity contribution in [1.82, 2.24) is 4.98 Å². The van der Waals surface area contributed by atoms with Gasteiger partial charge in [0.05, 0.1) is 12.1 Å². The number of carbonyl (C=O) groups excluding carboxylic acids is 1. The Morgan fingerprint density at radius 3 is 2.88 bits per heavy atom. The minimum atomic E-state index is -0.385. The number of rotatable bonds is 2. The van der Waals surface area contributed by atoms with E-state index < -0.39 is 0 Å². The average molecular weight is 280 g/mol. The van der Waals surface area contributed by atoms with Crippen LogP contribution in [0, 0.1) is 0 Å². The highest BCUT2D eigenvalue weighted by Crippen LogP contribution is 2.18. The van der Waals surface area contributed by atoms with Crippen LogP contribution < -0.4 is 0 Å². The number of pyridine rings is 1. The average Bonchev–Trinajstić information content (AvgIpc) is 2.28. The van der Waals surface area contributed by atoms with E-state index in [0.29, 0.717) is 12.3 Å². The number of nitrogens with zero attached hydrogens (tertiary/aromatic N) is 1. The first-order valence-corrected chi connectivity index (χ1v) is 5.73. The Morgan fingerprint density at radius 2 is 2.12 bits per heavy atom. The van der Waals surface area contributed by atoms with Gasteiger partial charge in [0.2, 0.25) is 0 Å². The summed E-state index contributed by atoms with van der Waals surface area (Å²) in [6, 6.07) is 9.29. The summed E-state index contributed by atoms with van der Waals surface area (Å²) in [6.45, 7) is 2.13. The van der Waals surface area contributed by atoms with Crippen LogP contribution in [0.3, 0.4) is 0 Å². The molecule has 0 radical (unpaired) electrons. The zero-order valence-corrected chi connectivity index (χ0v) is 10.3. The topological polar surface area (TPSA) is 39.2 Å². The molecule has 16 heavy (non-hydrogen) atoms. The summed E-state index contributed by atoms with van der Waals surface area (Å²) in [6.07, 6.45) is 0. The van der Waals surface area contributed by atoms with E-state index in [1.54, 1.807) is 13.0 Å². The smallest absolute Gasteiger partial charge is 0.356 e. The maximum Gasteiger partial charge on any atom is 0.356 e. The van der Waals surface area contributed by atoms with Gasteiger partial charge in [0.25, 0.3) is 0 Å². The van der Waals surface area contributed by atoms with Gasteiger partial charge in [-0.3, -0.25) is 0 Å². The molecule has 1 aromatic heterocycles. The van der Waals surface area contributed by atoms with Crippen molar-refractivity contribution in [3.63, 3.8) is 0 Å². The van der Waals surface area contributed by atoms with Gasteiger partial charge in [0.1, 0.15) is 5.69 Å². The normalized spacial score (nSPS) is 10.4. The highest BCUT2D eigenvalue weighted by Gasteiger charge is 2.08. The van der Waals surface area contributed by atoms with Crippen LogP contribution in [0.2, 0.25) is 0 Å². The van der Waals surface area contributed by atoms with Gasteiger partial charge in [-0.1, -0.05) is 28.1 Å². The molecule has 0 bridgehead atoms. The predicted octanol–water partition coefficient (Wildman–Crippen LogP) is 3.17. The molecule has 4 heteroatoms. The van der Waals surface area contributed by atoms with Crippen molar-refractivity contribution in [2.75, 3.05) is 6.61 Å². The van der Waals surface area contributed by atoms with Gasteiger partial charge in [-0.05, 0) is 25.1 Å². The second-order valence-electron chi connectivity index (χ2n) is 3.25. The van der Waals surface area contributed by atoms with Gasteiger partial charge in [0, 0.05) is 9.86 Å². The zero-order valence-electron chi connectivity index (χ0n) is 8.74. The molecular weight excluding hydrogens is 270 g/mol. The molecule has 0 saturated carbocycles. The number of esters is 1. The van der Waals surface area contributed by atoms with Crippen LogP contribution in [-0.4, -0.2) is 17.6 Å². The van der Waals surface area contributed by atoms with Crippen molar-refractivity contribution >= 4 is 32.8 Å². The Kier molecular flexibility index (Phi) is 3.19. The summed E-state index contributed by atoms with van der Waals surface area (Å²) in [4.78, 5) is 15.7. The van der Waals surface area contributed by atoms with Gasteiger partial charge in [-0.2, -0.15) is 0 Å². The highest BCUT2D eigenvalue weighted by molar-refractivity contribution is 9.10. The molecule has 0 aliphatic heterocycles. The fourth-order valence-corrected chi connectivity index (χ4v) is 1.76. The van der Waals surface area contributed by atoms with E-state index in [0.717, 1.165) is 15.4 Å². The van der Waals surface area contributed by atoms with Gasteiger partial charge >= 0.3 is 5.97 Å². The van der Waals surface area contributed by atoms with Crippen LogP contribution in [0.4, 0.5) is 0 Å². The molecule has 1 heterocycles. The van der Waals surface area contributed by atoms with E-state index in [9.17, 15) is 4.79 Å². The quantitative estimate of drug-likeness (QED) is 0.793. The zero-order chi connectivity index (χ0) is 11.5. The minimum Gasteiger partial charge on any atom is -0.461 e. The van der Waals surface area contributed by atoms with Crippen LogP contribution in [0.15, 0.2) is 34.8 Å². The molecule has 0 fully saturated rings. The predicted molar refractivity (Wildman–Crippen MR) is 65.4 cm³/mol. The van der Waals surface area contributed by atoms with Crippen molar-refractivity contribution < 1.29 is 9.53 Å². The summed E-state index contributed by atoms with van der Waals surface area (Å²) in [5.74, 6) is -0.385. The van der Waals surface area contributed by atoms with Crippen molar-refractivity contribution in [1.29, 1.82) is 0 Å². The number of hydrogen-bond acceptors (Lipinski definition) is 3. The van der Waals surface area contributed by atoms with Crippen LogP contribution >= 0.6 is 15.9 Å². The molecule has 0 aliphatic carbocycles. The van der Waals surface area contributed by atoms with Crippen molar-refractivity contribution in [3.05, 3.63) is 40.5 Å². The number of benzene rings is 1. The third kappa shape index (κ3) is 2.22. The number of carbonyl (C=O) groups is 1. The van der Waals surface area contributed by atoms with Crippen molar-refractivity contribution in [2.45, 2.75) is 6.92 Å². The number of aromatic nitrogens is 1. The summed E-state index contributed by atoms with van der Waals surface area (Å²) in [5.41, 5.74) is 1.12. The maximum absolute atomic E-state index is 11.5. The molecule has 0 N–H and O–H groups in total. The number of ether oxygens (including phenoxy) is 1. The first kappa shape index (κ1) is 11.1. The molecule has 0 spiro atoms. The van der Waals surface area contributed by atoms with Crippen LogP contribution in [-0.2, 0) is 4.74 Å². The maximum atomic E-state index is 11.5. The van der Waals surface area contributed by atoms with Crippen LogP contribution in [0.25, 0.3) is 10.9 Å². The minimum absolute atomic E-state index is 0.340. The van der Waals surface area contributed by atoms with E-state index >= 15 is 0 Å². The standard InChI is InChI=1S/C12H10BrNO2/c1-2-16-12(15)10-6-4-8-3-5-9(13)7-11(8)14-10/h3-7H,2H2,1H3. The molecular formula is C12H10BrNO2. The molecule has 2 aromatic rings. The molecule has 0 saturated heterocycles. The molecule has 0 atom stereocenters. The van der Waals surface area contributed by atoms with E-state index in [1.807, 2.05) is 24.3 Å². The Balaban J connectivity index is 2.46. The van der Waals surface area contributed by atoms with Gasteiger partial charge in [-0.25, -0.2) is 9.78 Å². The molecule has 0 unspecified atom stereocenters. The van der Waals surface area contributed by atoms with Crippen molar-refractivity contribution in [2.24, 2.45) is 0 Å². The third-order valence-electron chi connectivity index (χ3n) is 2.14. The Labute approximate surface area is 102 Å². The van der Waals surface area contributed by atoms with Crippen LogP contribution in [0.1, 0.15) is 17.4 Å². The van der Waals surface area contributed by atoms with Crippen molar-refractivity contribution in [3.8, 4) is 0 Å². The molecule has 0 amide bonds. The van der Waals surface area contributed by atoms with E-state index in [4.69, 9.17) is 4.74 Å². The Morgan fingerprint density at radius 1 is 1.38 bits per heavy atom. The van der Waals surface area contributed by atoms with E-state index in [-0.39, 0.29) is 5.97 Å². The lowest BCUT2D eigenvalue weighted by Crippen LogP contribution is -2.06. The first-order chi connectivity index (χ1) is 7.70. The fraction of sp³-hybridized carbons (Fsp3) is 0.167.